The molecular formula is C19H14N4O6. The van der Waals surface area contributed by atoms with Crippen LogP contribution in [0.4, 0.5) is 5.69 Å². The topological polar surface area (TPSA) is 140 Å². The second-order valence-corrected chi connectivity index (χ2v) is 6.42. The van der Waals surface area contributed by atoms with Gasteiger partial charge < -0.3 is 19.3 Å². The molecule has 4 aromatic rings. The molecule has 0 unspecified atom stereocenters. The number of aromatic nitrogens is 3. The van der Waals surface area contributed by atoms with E-state index >= 15 is 0 Å². The van der Waals surface area contributed by atoms with E-state index in [1.807, 2.05) is 6.07 Å². The molecule has 0 fully saturated rings. The molecule has 0 amide bonds. The van der Waals surface area contributed by atoms with Gasteiger partial charge in [-0.05, 0) is 12.1 Å². The Balaban J connectivity index is 1.93. The number of carbonyl (C=O) groups is 1. The van der Waals surface area contributed by atoms with Gasteiger partial charge in [-0.1, -0.05) is 12.1 Å². The number of para-hydroxylation sites is 1. The molecule has 0 atom stereocenters. The first-order chi connectivity index (χ1) is 13.8. The predicted octanol–water partition coefficient (Wildman–Crippen LogP) is 2.05. The minimum atomic E-state index is -0.896. The molecule has 29 heavy (non-hydrogen) atoms. The number of ether oxygens (including phenoxy) is 1. The van der Waals surface area contributed by atoms with Crippen LogP contribution in [0.1, 0.15) is 12.5 Å². The van der Waals surface area contributed by atoms with Gasteiger partial charge in [0, 0.05) is 36.2 Å². The molecule has 0 saturated carbocycles. The standard InChI is InChI=1S/C19H14N4O6/c1-10(24)29-16-9-22(15-5-3-2-4-13(15)16)8-11-6-12(23(27)28)7-14-17(11)21-19(26)18(25)20-14/h2-7,9H,8H2,1H3,(H,20,25)(H,21,26). The van der Waals surface area contributed by atoms with Crippen molar-refractivity contribution in [3.8, 4) is 5.75 Å². The molecule has 2 heterocycles. The van der Waals surface area contributed by atoms with Gasteiger partial charge in [-0.25, -0.2) is 0 Å². The van der Waals surface area contributed by atoms with Crippen molar-refractivity contribution in [2.24, 2.45) is 0 Å². The van der Waals surface area contributed by atoms with Crippen LogP contribution in [0.2, 0.25) is 0 Å². The molecule has 10 nitrogen and oxygen atoms in total. The van der Waals surface area contributed by atoms with E-state index in [0.717, 1.165) is 5.52 Å². The number of rotatable bonds is 4. The van der Waals surface area contributed by atoms with Crippen molar-refractivity contribution >= 4 is 33.6 Å². The van der Waals surface area contributed by atoms with Crippen molar-refractivity contribution < 1.29 is 14.5 Å². The summed E-state index contributed by atoms with van der Waals surface area (Å²) >= 11 is 0. The molecule has 4 rings (SSSR count). The number of hydrogen-bond donors (Lipinski definition) is 2. The van der Waals surface area contributed by atoms with Crippen LogP contribution in [0.5, 0.6) is 5.75 Å². The Bertz CT molecular complexity index is 1410. The number of aromatic amines is 2. The monoisotopic (exact) mass is 394 g/mol. The summed E-state index contributed by atoms with van der Waals surface area (Å²) in [6.45, 7) is 1.42. The van der Waals surface area contributed by atoms with Gasteiger partial charge in [0.1, 0.15) is 0 Å². The smallest absolute Gasteiger partial charge is 0.314 e. The number of fused-ring (bicyclic) bond motifs is 2. The Labute approximate surface area is 161 Å². The van der Waals surface area contributed by atoms with E-state index in [4.69, 9.17) is 4.74 Å². The molecule has 0 aliphatic rings. The van der Waals surface area contributed by atoms with Gasteiger partial charge in [-0.2, -0.15) is 0 Å². The van der Waals surface area contributed by atoms with Gasteiger partial charge in [0.25, 0.3) is 5.69 Å². The fourth-order valence-electron chi connectivity index (χ4n) is 3.27. The summed E-state index contributed by atoms with van der Waals surface area (Å²) in [6.07, 6.45) is 1.61. The van der Waals surface area contributed by atoms with Gasteiger partial charge >= 0.3 is 17.1 Å². The number of nitrogens with one attached hydrogen (secondary N) is 2. The molecule has 0 aliphatic heterocycles. The van der Waals surface area contributed by atoms with Crippen molar-refractivity contribution in [2.75, 3.05) is 0 Å². The number of non-ortho nitro benzene ring substituents is 1. The zero-order chi connectivity index (χ0) is 20.7. The first-order valence-electron chi connectivity index (χ1n) is 8.53. The van der Waals surface area contributed by atoms with Gasteiger partial charge in [-0.15, -0.1) is 0 Å². The Morgan fingerprint density at radius 3 is 2.62 bits per heavy atom. The maximum atomic E-state index is 11.8. The van der Waals surface area contributed by atoms with Crippen LogP contribution in [0.3, 0.4) is 0 Å². The lowest BCUT2D eigenvalue weighted by Crippen LogP contribution is -2.29. The quantitative estimate of drug-likeness (QED) is 0.235. The SMILES string of the molecule is CC(=O)Oc1cn(Cc2cc([N+](=O)[O-])cc3[nH]c(=O)c(=O)[nH]c23)c2ccccc12. The summed E-state index contributed by atoms with van der Waals surface area (Å²) in [6, 6.07) is 9.72. The van der Waals surface area contributed by atoms with Gasteiger partial charge in [0.15, 0.2) is 5.75 Å². The fourth-order valence-corrected chi connectivity index (χ4v) is 3.27. The molecule has 0 aliphatic carbocycles. The number of nitro benzene ring substituents is 1. The normalized spacial score (nSPS) is 11.1. The molecule has 0 bridgehead atoms. The fraction of sp³-hybridized carbons (Fsp3) is 0.105. The van der Waals surface area contributed by atoms with E-state index in [1.54, 1.807) is 29.0 Å². The summed E-state index contributed by atoms with van der Waals surface area (Å²) in [5.41, 5.74) is -0.403. The van der Waals surface area contributed by atoms with E-state index in [1.165, 1.54) is 19.1 Å². The first kappa shape index (κ1) is 18.2. The van der Waals surface area contributed by atoms with E-state index in [9.17, 15) is 24.5 Å². The van der Waals surface area contributed by atoms with Crippen LogP contribution in [0, 0.1) is 10.1 Å². The zero-order valence-corrected chi connectivity index (χ0v) is 15.1. The van der Waals surface area contributed by atoms with Crippen LogP contribution >= 0.6 is 0 Å². The summed E-state index contributed by atoms with van der Waals surface area (Å²) in [5, 5.41) is 12.0. The van der Waals surface area contributed by atoms with Crippen molar-refractivity contribution in [3.05, 3.63) is 79.0 Å². The van der Waals surface area contributed by atoms with Crippen molar-refractivity contribution in [2.45, 2.75) is 13.5 Å². The minimum Gasteiger partial charge on any atom is -0.424 e. The predicted molar refractivity (Wildman–Crippen MR) is 104 cm³/mol. The molecule has 0 radical (unpaired) electrons. The van der Waals surface area contributed by atoms with Crippen LogP contribution in [-0.2, 0) is 11.3 Å². The summed E-state index contributed by atoms with van der Waals surface area (Å²) < 4.78 is 7.00. The summed E-state index contributed by atoms with van der Waals surface area (Å²) in [5.74, 6) is -0.125. The molecule has 0 saturated heterocycles. The summed E-state index contributed by atoms with van der Waals surface area (Å²) in [7, 11) is 0. The zero-order valence-electron chi connectivity index (χ0n) is 15.1. The Hall–Kier alpha value is -4.21. The van der Waals surface area contributed by atoms with Crippen molar-refractivity contribution in [3.63, 3.8) is 0 Å². The number of hydrogen-bond acceptors (Lipinski definition) is 6. The van der Waals surface area contributed by atoms with Gasteiger partial charge in [-0.3, -0.25) is 24.5 Å². The van der Waals surface area contributed by atoms with Crippen LogP contribution in [0.15, 0.2) is 52.2 Å². The first-order valence-corrected chi connectivity index (χ1v) is 8.53. The average Bonchev–Trinajstić information content (AvgIpc) is 3.00. The molecular weight excluding hydrogens is 380 g/mol. The third-order valence-electron chi connectivity index (χ3n) is 4.45. The Morgan fingerprint density at radius 1 is 1.17 bits per heavy atom. The lowest BCUT2D eigenvalue weighted by atomic mass is 10.1. The molecule has 146 valence electrons. The van der Waals surface area contributed by atoms with E-state index in [-0.39, 0.29) is 23.3 Å². The van der Waals surface area contributed by atoms with Gasteiger partial charge in [0.05, 0.1) is 28.0 Å². The van der Waals surface area contributed by atoms with Crippen LogP contribution < -0.4 is 15.9 Å². The lowest BCUT2D eigenvalue weighted by Gasteiger charge is -2.09. The highest BCUT2D eigenvalue weighted by molar-refractivity contribution is 5.89. The highest BCUT2D eigenvalue weighted by Crippen LogP contribution is 2.30. The highest BCUT2D eigenvalue weighted by atomic mass is 16.6. The average molecular weight is 394 g/mol. The maximum Gasteiger partial charge on any atom is 0.314 e. The number of esters is 1. The second kappa shape index (κ2) is 6.75. The maximum absolute atomic E-state index is 11.8. The minimum absolute atomic E-state index is 0.127. The number of nitro groups is 1. The molecule has 2 aromatic carbocycles. The molecule has 2 aromatic heterocycles. The van der Waals surface area contributed by atoms with Crippen molar-refractivity contribution in [1.82, 2.24) is 14.5 Å². The molecule has 2 N–H and O–H groups in total. The van der Waals surface area contributed by atoms with E-state index < -0.39 is 22.0 Å². The number of carbonyl (C=O) groups excluding carboxylic acids is 1. The van der Waals surface area contributed by atoms with E-state index in [0.29, 0.717) is 16.7 Å². The highest BCUT2D eigenvalue weighted by Gasteiger charge is 2.17. The lowest BCUT2D eigenvalue weighted by molar-refractivity contribution is -0.384. The largest absolute Gasteiger partial charge is 0.424 e. The number of benzene rings is 2. The van der Waals surface area contributed by atoms with E-state index in [2.05, 4.69) is 9.97 Å². The van der Waals surface area contributed by atoms with Crippen LogP contribution in [0.25, 0.3) is 21.9 Å². The Kier molecular flexibility index (Phi) is 4.23. The van der Waals surface area contributed by atoms with Crippen molar-refractivity contribution in [1.29, 1.82) is 0 Å². The third kappa shape index (κ3) is 3.27. The summed E-state index contributed by atoms with van der Waals surface area (Å²) in [4.78, 5) is 50.4. The number of H-pyrrole nitrogens is 2. The number of nitrogens with zero attached hydrogens (tertiary/aromatic N) is 2. The molecule has 10 heteroatoms. The third-order valence-corrected chi connectivity index (χ3v) is 4.45. The Morgan fingerprint density at radius 2 is 1.90 bits per heavy atom. The van der Waals surface area contributed by atoms with Crippen LogP contribution in [-0.4, -0.2) is 25.4 Å². The second-order valence-electron chi connectivity index (χ2n) is 6.42. The molecule has 0 spiro atoms. The van der Waals surface area contributed by atoms with Gasteiger partial charge in [0.2, 0.25) is 0 Å².